The number of ether oxygens (including phenoxy) is 2. The van der Waals surface area contributed by atoms with E-state index in [2.05, 4.69) is 33.1 Å². The largest absolute Gasteiger partial charge is 0.496 e. The summed E-state index contributed by atoms with van der Waals surface area (Å²) in [4.78, 5) is 16.0. The van der Waals surface area contributed by atoms with E-state index in [1.54, 1.807) is 7.11 Å². The van der Waals surface area contributed by atoms with E-state index < -0.39 is 0 Å². The van der Waals surface area contributed by atoms with Crippen molar-refractivity contribution in [3.63, 3.8) is 0 Å². The van der Waals surface area contributed by atoms with E-state index in [9.17, 15) is 4.79 Å². The minimum Gasteiger partial charge on any atom is -0.496 e. The Hall–Kier alpha value is -2.90. The fraction of sp³-hybridized carbons (Fsp3) is 0.500. The number of nitrogens with one attached hydrogen (secondary N) is 1. The van der Waals surface area contributed by atoms with E-state index in [4.69, 9.17) is 14.6 Å². The number of piperidine rings is 1. The second-order valence-corrected chi connectivity index (χ2v) is 10.2. The molecule has 2 aliphatic heterocycles. The Morgan fingerprint density at radius 2 is 1.74 bits per heavy atom. The number of fused-ring (bicyclic) bond motifs is 3. The molecular formula is C28H34N4O3. The summed E-state index contributed by atoms with van der Waals surface area (Å²) < 4.78 is 13.6. The number of nitrogens with zero attached hydrogens (tertiary/aromatic N) is 3. The van der Waals surface area contributed by atoms with Crippen LogP contribution in [-0.2, 0) is 11.3 Å². The van der Waals surface area contributed by atoms with Gasteiger partial charge in [0.15, 0.2) is 5.69 Å². The van der Waals surface area contributed by atoms with Crippen LogP contribution in [0.15, 0.2) is 48.5 Å². The molecule has 1 amide bonds. The van der Waals surface area contributed by atoms with Crippen LogP contribution in [0.25, 0.3) is 10.9 Å². The lowest BCUT2D eigenvalue weighted by Crippen LogP contribution is -2.60. The first-order valence-corrected chi connectivity index (χ1v) is 12.9. The number of methoxy groups -OCH3 is 1. The Labute approximate surface area is 206 Å². The molecule has 6 rings (SSSR count). The maximum Gasteiger partial charge on any atom is 0.272 e. The summed E-state index contributed by atoms with van der Waals surface area (Å²) in [7, 11) is 1.72. The Bertz CT molecular complexity index is 1190. The second-order valence-electron chi connectivity index (χ2n) is 10.2. The van der Waals surface area contributed by atoms with Crippen molar-refractivity contribution in [1.29, 1.82) is 0 Å². The van der Waals surface area contributed by atoms with Crippen LogP contribution in [0.3, 0.4) is 0 Å². The van der Waals surface area contributed by atoms with Gasteiger partial charge in [0.05, 0.1) is 31.9 Å². The fourth-order valence-electron chi connectivity index (χ4n) is 6.33. The van der Waals surface area contributed by atoms with Gasteiger partial charge in [-0.3, -0.25) is 14.4 Å². The number of benzene rings is 2. The predicted molar refractivity (Wildman–Crippen MR) is 135 cm³/mol. The third-order valence-electron chi connectivity index (χ3n) is 8.05. The monoisotopic (exact) mass is 474 g/mol. The molecule has 2 unspecified atom stereocenters. The van der Waals surface area contributed by atoms with Gasteiger partial charge in [0.2, 0.25) is 0 Å². The molecule has 2 atom stereocenters. The summed E-state index contributed by atoms with van der Waals surface area (Å²) >= 11 is 0. The maximum absolute atomic E-state index is 13.5. The normalized spacial score (nSPS) is 25.1. The summed E-state index contributed by atoms with van der Waals surface area (Å²) in [6.45, 7) is 2.22. The maximum atomic E-state index is 13.5. The Kier molecular flexibility index (Phi) is 6.20. The van der Waals surface area contributed by atoms with Crippen molar-refractivity contribution in [3.05, 3.63) is 59.8 Å². The molecule has 1 N–H and O–H groups in total. The Morgan fingerprint density at radius 3 is 2.51 bits per heavy atom. The molecule has 2 bridgehead atoms. The number of carbonyl (C=O) groups is 1. The summed E-state index contributed by atoms with van der Waals surface area (Å²) in [6, 6.07) is 17.4. The third kappa shape index (κ3) is 4.32. The number of hydrogen-bond acceptors (Lipinski definition) is 5. The zero-order valence-corrected chi connectivity index (χ0v) is 20.4. The Balaban J connectivity index is 1.19. The molecule has 1 aliphatic carbocycles. The zero-order chi connectivity index (χ0) is 23.8. The van der Waals surface area contributed by atoms with E-state index in [0.717, 1.165) is 48.9 Å². The van der Waals surface area contributed by atoms with Gasteiger partial charge in [-0.2, -0.15) is 5.10 Å². The van der Waals surface area contributed by atoms with E-state index in [-0.39, 0.29) is 24.0 Å². The van der Waals surface area contributed by atoms with Crippen LogP contribution in [0.1, 0.15) is 60.6 Å². The summed E-state index contributed by atoms with van der Waals surface area (Å²) in [6.07, 6.45) is 6.50. The predicted octanol–water partition coefficient (Wildman–Crippen LogP) is 4.32. The van der Waals surface area contributed by atoms with Gasteiger partial charge in [-0.25, -0.2) is 0 Å². The highest BCUT2D eigenvalue weighted by atomic mass is 16.5. The highest BCUT2D eigenvalue weighted by Gasteiger charge is 2.40. The molecule has 0 radical (unpaired) electrons. The number of hydrogen-bond donors (Lipinski definition) is 1. The summed E-state index contributed by atoms with van der Waals surface area (Å²) in [5.41, 5.74) is 2.82. The minimum atomic E-state index is -0.0554. The van der Waals surface area contributed by atoms with Gasteiger partial charge in [0.1, 0.15) is 5.75 Å². The minimum absolute atomic E-state index is 0.0554. The smallest absolute Gasteiger partial charge is 0.272 e. The molecule has 3 fully saturated rings. The highest BCUT2D eigenvalue weighted by molar-refractivity contribution is 6.05. The number of carbonyl (C=O) groups excluding carboxylic acids is 1. The highest BCUT2D eigenvalue weighted by Crippen LogP contribution is 2.34. The molecule has 35 heavy (non-hydrogen) atoms. The molecule has 184 valence electrons. The molecule has 2 saturated heterocycles. The SMILES string of the molecule is COc1ccccc1CN1C2COCC1CC(NC(=O)c1nn(C3CCCC3)c3ccccc13)C2. The first-order valence-electron chi connectivity index (χ1n) is 12.9. The number of morpholine rings is 1. The van der Waals surface area contributed by atoms with E-state index in [0.29, 0.717) is 24.9 Å². The number of amides is 1. The zero-order valence-electron chi connectivity index (χ0n) is 20.4. The number of para-hydroxylation sites is 2. The quantitative estimate of drug-likeness (QED) is 0.576. The lowest BCUT2D eigenvalue weighted by Gasteiger charge is -2.48. The van der Waals surface area contributed by atoms with Crippen molar-refractivity contribution in [1.82, 2.24) is 20.0 Å². The van der Waals surface area contributed by atoms with Crippen LogP contribution in [0.5, 0.6) is 5.75 Å². The van der Waals surface area contributed by atoms with Crippen molar-refractivity contribution in [2.24, 2.45) is 0 Å². The Morgan fingerprint density at radius 1 is 1.03 bits per heavy atom. The van der Waals surface area contributed by atoms with Gasteiger partial charge in [-0.05, 0) is 37.8 Å². The van der Waals surface area contributed by atoms with Gasteiger partial charge >= 0.3 is 0 Å². The van der Waals surface area contributed by atoms with Crippen molar-refractivity contribution in [2.45, 2.75) is 69.2 Å². The topological polar surface area (TPSA) is 68.6 Å². The molecule has 2 aromatic carbocycles. The van der Waals surface area contributed by atoms with Crippen LogP contribution in [0, 0.1) is 0 Å². The summed E-state index contributed by atoms with van der Waals surface area (Å²) in [5.74, 6) is 0.867. The van der Waals surface area contributed by atoms with Crippen LogP contribution >= 0.6 is 0 Å². The molecule has 7 nitrogen and oxygen atoms in total. The first-order chi connectivity index (χ1) is 17.2. The van der Waals surface area contributed by atoms with Crippen LogP contribution in [0.4, 0.5) is 0 Å². The van der Waals surface area contributed by atoms with Gasteiger partial charge in [0.25, 0.3) is 5.91 Å². The van der Waals surface area contributed by atoms with Crippen molar-refractivity contribution in [2.75, 3.05) is 20.3 Å². The molecule has 1 aromatic heterocycles. The number of aromatic nitrogens is 2. The van der Waals surface area contributed by atoms with Crippen LogP contribution in [0.2, 0.25) is 0 Å². The van der Waals surface area contributed by atoms with Gasteiger partial charge in [0, 0.05) is 35.6 Å². The molecule has 3 aliphatic rings. The van der Waals surface area contributed by atoms with Crippen molar-refractivity contribution < 1.29 is 14.3 Å². The first kappa shape index (κ1) is 22.6. The average molecular weight is 475 g/mol. The molecular weight excluding hydrogens is 440 g/mol. The second kappa shape index (κ2) is 9.63. The molecule has 3 aromatic rings. The summed E-state index contributed by atoms with van der Waals surface area (Å²) in [5, 5.41) is 9.15. The fourth-order valence-corrected chi connectivity index (χ4v) is 6.33. The lowest BCUT2D eigenvalue weighted by molar-refractivity contribution is -0.0845. The lowest BCUT2D eigenvalue weighted by atomic mass is 9.89. The van der Waals surface area contributed by atoms with Gasteiger partial charge < -0.3 is 14.8 Å². The van der Waals surface area contributed by atoms with Crippen LogP contribution in [-0.4, -0.2) is 59.0 Å². The van der Waals surface area contributed by atoms with E-state index in [1.807, 2.05) is 30.3 Å². The third-order valence-corrected chi connectivity index (χ3v) is 8.05. The number of rotatable bonds is 6. The van der Waals surface area contributed by atoms with Crippen molar-refractivity contribution in [3.8, 4) is 5.75 Å². The van der Waals surface area contributed by atoms with E-state index >= 15 is 0 Å². The van der Waals surface area contributed by atoms with E-state index in [1.165, 1.54) is 18.4 Å². The molecule has 3 heterocycles. The molecule has 0 spiro atoms. The average Bonchev–Trinajstić information content (AvgIpc) is 3.53. The van der Waals surface area contributed by atoms with Crippen molar-refractivity contribution >= 4 is 16.8 Å². The molecule has 7 heteroatoms. The van der Waals surface area contributed by atoms with Gasteiger partial charge in [-0.1, -0.05) is 49.2 Å². The van der Waals surface area contributed by atoms with Crippen LogP contribution < -0.4 is 10.1 Å². The molecule has 1 saturated carbocycles. The standard InChI is InChI=1S/C28H34N4O3/c1-34-26-13-7-2-8-19(26)16-31-22-14-20(15-23(31)18-35-17-22)29-28(33)27-24-11-5-6-12-25(24)32(30-27)21-9-3-4-10-21/h2,5-8,11-13,20-23H,3-4,9-10,14-18H2,1H3,(H,29,33). The van der Waals surface area contributed by atoms with Gasteiger partial charge in [-0.15, -0.1) is 0 Å².